The van der Waals surface area contributed by atoms with Crippen LogP contribution in [-0.4, -0.2) is 34.3 Å². The first kappa shape index (κ1) is 16.7. The van der Waals surface area contributed by atoms with E-state index in [9.17, 15) is 0 Å². The van der Waals surface area contributed by atoms with Crippen molar-refractivity contribution >= 4 is 29.0 Å². The summed E-state index contributed by atoms with van der Waals surface area (Å²) in [6.07, 6.45) is 3.14. The van der Waals surface area contributed by atoms with Crippen molar-refractivity contribution in [3.8, 4) is 23.0 Å². The quantitative estimate of drug-likeness (QED) is 0.541. The van der Waals surface area contributed by atoms with Gasteiger partial charge in [0.2, 0.25) is 0 Å². The average molecular weight is 389 g/mol. The van der Waals surface area contributed by atoms with Gasteiger partial charge in [-0.05, 0) is 19.1 Å². The Hall–Kier alpha value is -2.71. The van der Waals surface area contributed by atoms with Crippen LogP contribution in [0.2, 0.25) is 10.2 Å². The van der Waals surface area contributed by atoms with Crippen molar-refractivity contribution in [2.24, 2.45) is 7.05 Å². The molecule has 0 amide bonds. The predicted octanol–water partition coefficient (Wildman–Crippen LogP) is 2.82. The summed E-state index contributed by atoms with van der Waals surface area (Å²) in [5.74, 6) is 1.42. The molecule has 0 spiro atoms. The lowest BCUT2D eigenvalue weighted by Crippen LogP contribution is -2.10. The van der Waals surface area contributed by atoms with Gasteiger partial charge >= 0.3 is 0 Å². The molecule has 0 fully saturated rings. The lowest BCUT2D eigenvalue weighted by molar-refractivity contribution is 0.754. The maximum atomic E-state index is 6.26. The number of anilines is 1. The molecule has 0 bridgehead atoms. The molecule has 2 aliphatic heterocycles. The van der Waals surface area contributed by atoms with Gasteiger partial charge < -0.3 is 10.3 Å². The van der Waals surface area contributed by atoms with Crippen molar-refractivity contribution in [1.82, 2.24) is 34.3 Å². The van der Waals surface area contributed by atoms with Crippen LogP contribution in [0, 0.1) is 6.92 Å². The highest BCUT2D eigenvalue weighted by molar-refractivity contribution is 6.35. The number of nitrogen functional groups attached to an aromatic ring is 1. The number of nitrogens with two attached hydrogens (primary N) is 1. The zero-order valence-corrected chi connectivity index (χ0v) is 15.5. The van der Waals surface area contributed by atoms with E-state index in [2.05, 4.69) is 25.0 Å². The van der Waals surface area contributed by atoms with Crippen LogP contribution >= 0.6 is 23.2 Å². The minimum atomic E-state index is 0.303. The number of aromatic nitrogens is 7. The molecule has 4 rings (SSSR count). The molecule has 8 nitrogen and oxygen atoms in total. The molecule has 0 unspecified atom stereocenters. The topological polar surface area (TPSA) is 100 Å². The van der Waals surface area contributed by atoms with E-state index >= 15 is 0 Å². The Balaban J connectivity index is 1.84. The maximum Gasteiger partial charge on any atom is 0.180 e. The molecule has 0 atom stereocenters. The van der Waals surface area contributed by atoms with E-state index < -0.39 is 0 Å². The molecule has 26 heavy (non-hydrogen) atoms. The van der Waals surface area contributed by atoms with Gasteiger partial charge in [0.05, 0.1) is 23.6 Å². The molecule has 132 valence electrons. The summed E-state index contributed by atoms with van der Waals surface area (Å²) < 4.78 is 3.52. The van der Waals surface area contributed by atoms with Crippen molar-refractivity contribution in [2.45, 2.75) is 13.5 Å². The molecule has 2 N–H and O–H groups in total. The van der Waals surface area contributed by atoms with E-state index in [1.165, 1.54) is 0 Å². The summed E-state index contributed by atoms with van der Waals surface area (Å²) in [7, 11) is 1.84. The number of pyridine rings is 1. The van der Waals surface area contributed by atoms with Crippen molar-refractivity contribution < 1.29 is 0 Å². The summed E-state index contributed by atoms with van der Waals surface area (Å²) >= 11 is 12.4. The predicted molar refractivity (Wildman–Crippen MR) is 99.1 cm³/mol. The second-order valence-corrected chi connectivity index (χ2v) is 6.60. The number of fused-ring (bicyclic) bond motifs is 1. The Bertz CT molecular complexity index is 1060. The second kappa shape index (κ2) is 6.22. The fraction of sp³-hybridized carbons (Fsp3) is 0.188. The maximum absolute atomic E-state index is 6.26. The van der Waals surface area contributed by atoms with Gasteiger partial charge in [-0.2, -0.15) is 5.10 Å². The number of rotatable bonds is 3. The van der Waals surface area contributed by atoms with E-state index in [1.54, 1.807) is 27.8 Å². The Labute approximate surface area is 159 Å². The highest BCUT2D eigenvalue weighted by Crippen LogP contribution is 2.30. The van der Waals surface area contributed by atoms with E-state index in [1.807, 2.05) is 20.0 Å². The van der Waals surface area contributed by atoms with Gasteiger partial charge in [0.25, 0.3) is 0 Å². The largest absolute Gasteiger partial charge is 0.382 e. The normalized spacial score (nSPS) is 11.4. The highest BCUT2D eigenvalue weighted by Gasteiger charge is 2.22. The third-order valence-electron chi connectivity index (χ3n) is 4.00. The summed E-state index contributed by atoms with van der Waals surface area (Å²) in [6.45, 7) is 2.26. The van der Waals surface area contributed by atoms with Crippen molar-refractivity contribution in [3.05, 3.63) is 46.1 Å². The SMILES string of the molecule is Cc1cc(-c2nc3c(N)ncn(Cc4c(Cl)ccnc4Cl)c-3n2)n(C)n1. The first-order chi connectivity index (χ1) is 12.4. The monoisotopic (exact) mass is 388 g/mol. The van der Waals surface area contributed by atoms with Crippen LogP contribution in [0.15, 0.2) is 24.7 Å². The molecule has 10 heteroatoms. The third-order valence-corrected chi connectivity index (χ3v) is 4.68. The van der Waals surface area contributed by atoms with Crippen LogP contribution in [0.1, 0.15) is 11.3 Å². The molecule has 0 aromatic carbocycles. The van der Waals surface area contributed by atoms with E-state index in [0.717, 1.165) is 11.4 Å². The number of aryl methyl sites for hydroxylation is 2. The molecule has 2 aliphatic rings. The highest BCUT2D eigenvalue weighted by atomic mass is 35.5. The van der Waals surface area contributed by atoms with Crippen LogP contribution in [0.4, 0.5) is 5.82 Å². The molecule has 2 aromatic heterocycles. The minimum absolute atomic E-state index is 0.303. The zero-order valence-electron chi connectivity index (χ0n) is 14.0. The second-order valence-electron chi connectivity index (χ2n) is 5.83. The summed E-state index contributed by atoms with van der Waals surface area (Å²) in [4.78, 5) is 17.5. The summed E-state index contributed by atoms with van der Waals surface area (Å²) in [6, 6.07) is 3.60. The van der Waals surface area contributed by atoms with Crippen molar-refractivity contribution in [1.29, 1.82) is 0 Å². The number of hydrogen-bond donors (Lipinski definition) is 1. The smallest absolute Gasteiger partial charge is 0.180 e. The molecular formula is C16H14Cl2N8. The van der Waals surface area contributed by atoms with Crippen LogP contribution in [0.3, 0.4) is 0 Å². The molecule has 0 saturated carbocycles. The van der Waals surface area contributed by atoms with Crippen LogP contribution in [-0.2, 0) is 13.6 Å². The molecule has 0 radical (unpaired) electrons. The standard InChI is InChI=1S/C16H14Cl2N8/c1-8-5-11(25(2)24-8)15-22-12-14(19)21-7-26(16(12)23-15)6-9-10(17)3-4-20-13(9)18/h3-5,7H,6,19H2,1-2H3. The van der Waals surface area contributed by atoms with Gasteiger partial charge in [-0.25, -0.2) is 19.9 Å². The van der Waals surface area contributed by atoms with Crippen molar-refractivity contribution in [2.75, 3.05) is 5.73 Å². The zero-order chi connectivity index (χ0) is 18.4. The van der Waals surface area contributed by atoms with Gasteiger partial charge in [-0.3, -0.25) is 4.68 Å². The summed E-state index contributed by atoms with van der Waals surface area (Å²) in [5, 5.41) is 5.18. The van der Waals surface area contributed by atoms with Gasteiger partial charge in [0, 0.05) is 18.8 Å². The first-order valence-corrected chi connectivity index (χ1v) is 8.48. The molecule has 0 saturated heterocycles. The number of nitrogens with zero attached hydrogens (tertiary/aromatic N) is 7. The Kier molecular flexibility index (Phi) is 4.01. The number of halogens is 2. The van der Waals surface area contributed by atoms with E-state index in [0.29, 0.717) is 45.4 Å². The number of hydrogen-bond acceptors (Lipinski definition) is 6. The van der Waals surface area contributed by atoms with Gasteiger partial charge in [-0.1, -0.05) is 23.2 Å². The van der Waals surface area contributed by atoms with Gasteiger partial charge in [0.15, 0.2) is 23.2 Å². The van der Waals surface area contributed by atoms with Gasteiger partial charge in [-0.15, -0.1) is 0 Å². The van der Waals surface area contributed by atoms with Crippen LogP contribution in [0.25, 0.3) is 23.0 Å². The molecule has 2 aromatic rings. The minimum Gasteiger partial charge on any atom is -0.382 e. The summed E-state index contributed by atoms with van der Waals surface area (Å²) in [5.41, 5.74) is 8.86. The Morgan fingerprint density at radius 3 is 2.69 bits per heavy atom. The third kappa shape index (κ3) is 2.77. The Morgan fingerprint density at radius 1 is 1.19 bits per heavy atom. The molecular weight excluding hydrogens is 375 g/mol. The van der Waals surface area contributed by atoms with Gasteiger partial charge in [0.1, 0.15) is 10.8 Å². The van der Waals surface area contributed by atoms with Crippen LogP contribution in [0.5, 0.6) is 0 Å². The fourth-order valence-corrected chi connectivity index (χ4v) is 3.23. The molecule has 0 aliphatic carbocycles. The average Bonchev–Trinajstić information content (AvgIpc) is 3.17. The lowest BCUT2D eigenvalue weighted by atomic mass is 10.2. The first-order valence-electron chi connectivity index (χ1n) is 7.72. The molecule has 4 heterocycles. The van der Waals surface area contributed by atoms with Crippen LogP contribution < -0.4 is 5.73 Å². The van der Waals surface area contributed by atoms with Crippen molar-refractivity contribution in [3.63, 3.8) is 0 Å². The lowest BCUT2D eigenvalue weighted by Gasteiger charge is -2.12. The number of imidazole rings is 1. The van der Waals surface area contributed by atoms with E-state index in [4.69, 9.17) is 28.9 Å². The Morgan fingerprint density at radius 2 is 2.00 bits per heavy atom. The van der Waals surface area contributed by atoms with E-state index in [-0.39, 0.29) is 0 Å². The fourth-order valence-electron chi connectivity index (χ4n) is 2.76.